The van der Waals surface area contributed by atoms with Crippen molar-refractivity contribution >= 4 is 11.6 Å². The lowest BCUT2D eigenvalue weighted by Crippen LogP contribution is -2.43. The van der Waals surface area contributed by atoms with Crippen LogP contribution in [0.2, 0.25) is 0 Å². The van der Waals surface area contributed by atoms with Gasteiger partial charge in [-0.2, -0.15) is 0 Å². The van der Waals surface area contributed by atoms with Crippen LogP contribution in [0, 0.1) is 5.41 Å². The Kier molecular flexibility index (Phi) is 3.92. The van der Waals surface area contributed by atoms with Crippen LogP contribution in [0.1, 0.15) is 57.4 Å². The summed E-state index contributed by atoms with van der Waals surface area (Å²) in [4.78, 5) is 15.3. The van der Waals surface area contributed by atoms with E-state index >= 15 is 0 Å². The molecule has 2 saturated carbocycles. The smallest absolute Gasteiger partial charge is 0.229 e. The molecule has 0 bridgehead atoms. The van der Waals surface area contributed by atoms with E-state index in [0.29, 0.717) is 18.5 Å². The van der Waals surface area contributed by atoms with Crippen molar-refractivity contribution in [3.8, 4) is 0 Å². The molecule has 3 nitrogen and oxygen atoms in total. The van der Waals surface area contributed by atoms with Crippen LogP contribution in [0.15, 0.2) is 24.3 Å². The minimum atomic E-state index is -0.0911. The molecule has 0 aliphatic heterocycles. The number of nitrogens with zero attached hydrogens (tertiary/aromatic N) is 1. The Morgan fingerprint density at radius 3 is 2.52 bits per heavy atom. The van der Waals surface area contributed by atoms with Crippen molar-refractivity contribution in [1.82, 2.24) is 4.90 Å². The summed E-state index contributed by atoms with van der Waals surface area (Å²) < 4.78 is 0. The summed E-state index contributed by atoms with van der Waals surface area (Å²) in [6.07, 6.45) is 7.80. The van der Waals surface area contributed by atoms with Crippen LogP contribution in [0.4, 0.5) is 5.69 Å². The zero-order chi connectivity index (χ0) is 14.9. The summed E-state index contributed by atoms with van der Waals surface area (Å²) in [5.74, 6) is 0.383. The van der Waals surface area contributed by atoms with Gasteiger partial charge in [0.05, 0.1) is 0 Å². The Balaban J connectivity index is 1.81. The summed E-state index contributed by atoms with van der Waals surface area (Å²) in [6, 6.07) is 8.38. The van der Waals surface area contributed by atoms with Gasteiger partial charge in [-0.3, -0.25) is 4.79 Å². The summed E-state index contributed by atoms with van der Waals surface area (Å²) in [7, 11) is 0. The Morgan fingerprint density at radius 2 is 1.95 bits per heavy atom. The lowest BCUT2D eigenvalue weighted by Gasteiger charge is -2.34. The molecule has 2 fully saturated rings. The number of rotatable bonds is 5. The maximum Gasteiger partial charge on any atom is 0.229 e. The first-order valence-corrected chi connectivity index (χ1v) is 8.31. The molecule has 0 aromatic heterocycles. The third-order valence-corrected chi connectivity index (χ3v) is 5.34. The highest BCUT2D eigenvalue weighted by atomic mass is 16.2. The Hall–Kier alpha value is -1.51. The molecule has 0 saturated heterocycles. The summed E-state index contributed by atoms with van der Waals surface area (Å²) >= 11 is 0. The molecule has 1 amide bonds. The van der Waals surface area contributed by atoms with Gasteiger partial charge < -0.3 is 10.6 Å². The fourth-order valence-electron chi connectivity index (χ4n) is 3.69. The van der Waals surface area contributed by atoms with Gasteiger partial charge in [0.25, 0.3) is 0 Å². The van der Waals surface area contributed by atoms with E-state index in [1.54, 1.807) is 0 Å². The molecule has 0 unspecified atom stereocenters. The van der Waals surface area contributed by atoms with Gasteiger partial charge in [0.15, 0.2) is 0 Å². The van der Waals surface area contributed by atoms with Crippen LogP contribution in [-0.2, 0) is 11.3 Å². The number of carbonyl (C=O) groups excluding carboxylic acids is 1. The highest BCUT2D eigenvalue weighted by Gasteiger charge is 2.45. The summed E-state index contributed by atoms with van der Waals surface area (Å²) in [5.41, 5.74) is 7.86. The fourth-order valence-corrected chi connectivity index (χ4v) is 3.69. The quantitative estimate of drug-likeness (QED) is 0.838. The molecule has 0 radical (unpaired) electrons. The molecule has 1 aromatic rings. The van der Waals surface area contributed by atoms with E-state index in [2.05, 4.69) is 11.8 Å². The van der Waals surface area contributed by atoms with Crippen LogP contribution in [0.3, 0.4) is 0 Å². The van der Waals surface area contributed by atoms with Gasteiger partial charge in [-0.15, -0.1) is 0 Å². The third-order valence-electron chi connectivity index (χ3n) is 5.34. The van der Waals surface area contributed by atoms with Crippen molar-refractivity contribution in [3.63, 3.8) is 0 Å². The molecule has 2 N–H and O–H groups in total. The Morgan fingerprint density at radius 1 is 1.29 bits per heavy atom. The maximum absolute atomic E-state index is 13.2. The van der Waals surface area contributed by atoms with E-state index in [1.807, 2.05) is 24.3 Å². The molecule has 1 aromatic carbocycles. The largest absolute Gasteiger partial charge is 0.398 e. The number of hydrogen-bond donors (Lipinski definition) is 1. The van der Waals surface area contributed by atoms with E-state index < -0.39 is 0 Å². The molecule has 2 aliphatic rings. The first-order valence-electron chi connectivity index (χ1n) is 8.31. The molecule has 0 atom stereocenters. The van der Waals surface area contributed by atoms with Crippen LogP contribution in [0.25, 0.3) is 0 Å². The van der Waals surface area contributed by atoms with Gasteiger partial charge in [0.1, 0.15) is 0 Å². The number of amides is 1. The minimum absolute atomic E-state index is 0.0911. The van der Waals surface area contributed by atoms with E-state index in [4.69, 9.17) is 5.73 Å². The second-order valence-electron chi connectivity index (χ2n) is 6.70. The molecule has 21 heavy (non-hydrogen) atoms. The van der Waals surface area contributed by atoms with Gasteiger partial charge in [-0.1, -0.05) is 38.0 Å². The lowest BCUT2D eigenvalue weighted by atomic mass is 9.81. The number of carbonyl (C=O) groups is 1. The highest BCUT2D eigenvalue weighted by Crippen LogP contribution is 2.44. The first-order chi connectivity index (χ1) is 10.2. The van der Waals surface area contributed by atoms with Crippen LogP contribution in [0.5, 0.6) is 0 Å². The number of anilines is 1. The van der Waals surface area contributed by atoms with Gasteiger partial charge in [0, 0.05) is 23.7 Å². The van der Waals surface area contributed by atoms with Crippen molar-refractivity contribution < 1.29 is 4.79 Å². The Bertz CT molecular complexity index is 516. The van der Waals surface area contributed by atoms with Gasteiger partial charge in [-0.05, 0) is 43.7 Å². The average Bonchev–Trinajstić information content (AvgIpc) is 3.22. The van der Waals surface area contributed by atoms with Gasteiger partial charge in [0.2, 0.25) is 5.91 Å². The van der Waals surface area contributed by atoms with E-state index in [9.17, 15) is 4.79 Å². The van der Waals surface area contributed by atoms with Gasteiger partial charge in [-0.25, -0.2) is 0 Å². The molecule has 0 heterocycles. The molecular weight excluding hydrogens is 260 g/mol. The second kappa shape index (κ2) is 5.70. The van der Waals surface area contributed by atoms with Crippen molar-refractivity contribution in [2.24, 2.45) is 5.41 Å². The van der Waals surface area contributed by atoms with Gasteiger partial charge >= 0.3 is 0 Å². The predicted molar refractivity (Wildman–Crippen MR) is 85.6 cm³/mol. The molecule has 114 valence electrons. The van der Waals surface area contributed by atoms with E-state index in [-0.39, 0.29) is 5.41 Å². The van der Waals surface area contributed by atoms with Crippen LogP contribution in [-0.4, -0.2) is 16.8 Å². The second-order valence-corrected chi connectivity index (χ2v) is 6.70. The van der Waals surface area contributed by atoms with Crippen molar-refractivity contribution in [3.05, 3.63) is 29.8 Å². The minimum Gasteiger partial charge on any atom is -0.398 e. The number of hydrogen-bond acceptors (Lipinski definition) is 2. The molecule has 2 aliphatic carbocycles. The standard InChI is InChI=1S/C18H26N2O/c1-2-18(11-5-6-12-18)17(21)20(15-9-10-15)13-14-7-3-4-8-16(14)19/h3-4,7-8,15H,2,5-6,9-13,19H2,1H3. The summed E-state index contributed by atoms with van der Waals surface area (Å²) in [6.45, 7) is 2.85. The zero-order valence-electron chi connectivity index (χ0n) is 13.0. The third kappa shape index (κ3) is 2.78. The molecular formula is C18H26N2O. The number of benzene rings is 1. The van der Waals surface area contributed by atoms with Crippen molar-refractivity contribution in [1.29, 1.82) is 0 Å². The number of para-hydroxylation sites is 1. The normalized spacial score (nSPS) is 20.4. The van der Waals surface area contributed by atoms with Crippen molar-refractivity contribution in [2.45, 2.75) is 64.5 Å². The number of nitrogens with two attached hydrogens (primary N) is 1. The summed E-state index contributed by atoms with van der Waals surface area (Å²) in [5, 5.41) is 0. The average molecular weight is 286 g/mol. The van der Waals surface area contributed by atoms with E-state index in [1.165, 1.54) is 12.8 Å². The molecule has 0 spiro atoms. The fraction of sp³-hybridized carbons (Fsp3) is 0.611. The molecule has 3 heteroatoms. The SMILES string of the molecule is CCC1(C(=O)N(Cc2ccccc2N)C2CC2)CCCC1. The lowest BCUT2D eigenvalue weighted by molar-refractivity contribution is -0.143. The zero-order valence-corrected chi connectivity index (χ0v) is 13.0. The number of nitrogen functional groups attached to an aromatic ring is 1. The van der Waals surface area contributed by atoms with E-state index in [0.717, 1.165) is 43.4 Å². The Labute approximate surface area is 127 Å². The monoisotopic (exact) mass is 286 g/mol. The van der Waals surface area contributed by atoms with Crippen LogP contribution < -0.4 is 5.73 Å². The molecule has 3 rings (SSSR count). The van der Waals surface area contributed by atoms with Crippen LogP contribution >= 0.6 is 0 Å². The highest BCUT2D eigenvalue weighted by molar-refractivity contribution is 5.83. The predicted octanol–water partition coefficient (Wildman–Crippen LogP) is 3.73. The van der Waals surface area contributed by atoms with Crippen molar-refractivity contribution in [2.75, 3.05) is 5.73 Å². The first kappa shape index (κ1) is 14.4. The topological polar surface area (TPSA) is 46.3 Å². The maximum atomic E-state index is 13.2.